The van der Waals surface area contributed by atoms with Gasteiger partial charge in [0.2, 0.25) is 11.7 Å². The van der Waals surface area contributed by atoms with Crippen molar-refractivity contribution in [3.63, 3.8) is 0 Å². The number of unbranched alkanes of at least 4 members (excludes halogenated alkanes) is 1. The van der Waals surface area contributed by atoms with Gasteiger partial charge in [-0.15, -0.1) is 0 Å². The van der Waals surface area contributed by atoms with Gasteiger partial charge >= 0.3 is 0 Å². The molecule has 1 aliphatic heterocycles. The second-order valence-electron chi connectivity index (χ2n) is 6.70. The third kappa shape index (κ3) is 4.89. The van der Waals surface area contributed by atoms with Gasteiger partial charge in [-0.3, -0.25) is 15.0 Å². The number of sulfone groups is 1. The first-order valence-electron chi connectivity index (χ1n) is 8.90. The predicted octanol–water partition coefficient (Wildman–Crippen LogP) is 2.43. The van der Waals surface area contributed by atoms with Crippen LogP contribution in [-0.4, -0.2) is 52.5 Å². The largest absolute Gasteiger partial charge is 0.338 e. The van der Waals surface area contributed by atoms with Gasteiger partial charge in [0.05, 0.1) is 23.0 Å². The second kappa shape index (κ2) is 8.13. The number of aromatic nitrogens is 2. The highest BCUT2D eigenvalue weighted by atomic mass is 32.2. The van der Waals surface area contributed by atoms with Gasteiger partial charge in [0, 0.05) is 23.7 Å². The Balaban J connectivity index is 1.72. The Morgan fingerprint density at radius 3 is 2.67 bits per heavy atom. The molecule has 1 aromatic carbocycles. The Labute approximate surface area is 157 Å². The minimum atomic E-state index is -2.97. The van der Waals surface area contributed by atoms with Gasteiger partial charge in [0.15, 0.2) is 9.84 Å². The van der Waals surface area contributed by atoms with Gasteiger partial charge in [-0.25, -0.2) is 8.42 Å². The number of hydrogen-bond donors (Lipinski definition) is 0. The van der Waals surface area contributed by atoms with E-state index in [4.69, 9.17) is 4.52 Å². The minimum Gasteiger partial charge on any atom is -0.338 e. The molecule has 0 bridgehead atoms. The second-order valence-corrected chi connectivity index (χ2v) is 8.93. The lowest BCUT2D eigenvalue weighted by atomic mass is 10.2. The number of nitrogens with zero attached hydrogens (tertiary/aromatic N) is 4. The first kappa shape index (κ1) is 19.4. The molecule has 0 radical (unpaired) electrons. The number of hydrogen-bond acceptors (Lipinski definition) is 8. The molecule has 10 heteroatoms. The van der Waals surface area contributed by atoms with Crippen molar-refractivity contribution >= 4 is 15.5 Å². The molecule has 27 heavy (non-hydrogen) atoms. The lowest BCUT2D eigenvalue weighted by Gasteiger charge is -2.26. The van der Waals surface area contributed by atoms with E-state index in [1.807, 2.05) is 0 Å². The number of benzene rings is 1. The van der Waals surface area contributed by atoms with E-state index in [1.54, 1.807) is 12.1 Å². The summed E-state index contributed by atoms with van der Waals surface area (Å²) in [4.78, 5) is 16.7. The summed E-state index contributed by atoms with van der Waals surface area (Å²) < 4.78 is 29.0. The average Bonchev–Trinajstić information content (AvgIpc) is 3.25. The SMILES string of the molecule is CCCCN(Cc1nc(-c2ccc([N+](=O)[O-])cc2)no1)C1CCS(=O)(=O)C1. The topological polar surface area (TPSA) is 119 Å². The third-order valence-corrected chi connectivity index (χ3v) is 6.42. The Bertz CT molecular complexity index is 894. The molecule has 2 heterocycles. The van der Waals surface area contributed by atoms with Crippen LogP contribution in [0.2, 0.25) is 0 Å². The lowest BCUT2D eigenvalue weighted by molar-refractivity contribution is -0.384. The van der Waals surface area contributed by atoms with Crippen molar-refractivity contribution in [2.24, 2.45) is 0 Å². The summed E-state index contributed by atoms with van der Waals surface area (Å²) in [5, 5.41) is 14.7. The molecule has 1 fully saturated rings. The van der Waals surface area contributed by atoms with E-state index in [0.29, 0.717) is 30.2 Å². The molecule has 146 valence electrons. The Morgan fingerprint density at radius 2 is 2.07 bits per heavy atom. The van der Waals surface area contributed by atoms with Gasteiger partial charge in [0.1, 0.15) is 0 Å². The van der Waals surface area contributed by atoms with Crippen LogP contribution in [0.5, 0.6) is 0 Å². The van der Waals surface area contributed by atoms with E-state index in [-0.39, 0.29) is 23.2 Å². The fraction of sp³-hybridized carbons (Fsp3) is 0.529. The maximum atomic E-state index is 11.8. The number of nitro benzene ring substituents is 1. The van der Waals surface area contributed by atoms with Gasteiger partial charge in [0.25, 0.3) is 5.69 Å². The molecule has 1 saturated heterocycles. The molecule has 2 aromatic rings. The summed E-state index contributed by atoms with van der Waals surface area (Å²) >= 11 is 0. The van der Waals surface area contributed by atoms with Gasteiger partial charge < -0.3 is 4.52 Å². The van der Waals surface area contributed by atoms with E-state index in [1.165, 1.54) is 12.1 Å². The lowest BCUT2D eigenvalue weighted by Crippen LogP contribution is -2.36. The molecule has 1 aromatic heterocycles. The van der Waals surface area contributed by atoms with Crippen LogP contribution in [0.3, 0.4) is 0 Å². The highest BCUT2D eigenvalue weighted by Gasteiger charge is 2.32. The normalized spacial score (nSPS) is 18.8. The monoisotopic (exact) mass is 394 g/mol. The van der Waals surface area contributed by atoms with Crippen molar-refractivity contribution in [2.45, 2.75) is 38.8 Å². The first-order valence-corrected chi connectivity index (χ1v) is 10.7. The zero-order valence-corrected chi connectivity index (χ0v) is 15.9. The van der Waals surface area contributed by atoms with Crippen molar-refractivity contribution in [3.05, 3.63) is 40.3 Å². The van der Waals surface area contributed by atoms with Gasteiger partial charge in [-0.1, -0.05) is 18.5 Å². The average molecular weight is 394 g/mol. The van der Waals surface area contributed by atoms with E-state index in [9.17, 15) is 18.5 Å². The summed E-state index contributed by atoms with van der Waals surface area (Å²) in [5.74, 6) is 1.15. The van der Waals surface area contributed by atoms with Gasteiger partial charge in [-0.2, -0.15) is 4.98 Å². The molecule has 1 atom stereocenters. The minimum absolute atomic E-state index is 0.00403. The number of rotatable bonds is 8. The van der Waals surface area contributed by atoms with Crippen molar-refractivity contribution in [3.8, 4) is 11.4 Å². The summed E-state index contributed by atoms with van der Waals surface area (Å²) in [7, 11) is -2.97. The fourth-order valence-electron chi connectivity index (χ4n) is 3.16. The van der Waals surface area contributed by atoms with Crippen molar-refractivity contribution in [2.75, 3.05) is 18.1 Å². The van der Waals surface area contributed by atoms with Crippen LogP contribution in [-0.2, 0) is 16.4 Å². The van der Waals surface area contributed by atoms with Crippen molar-refractivity contribution in [1.82, 2.24) is 15.0 Å². The van der Waals surface area contributed by atoms with E-state index in [0.717, 1.165) is 19.4 Å². The summed E-state index contributed by atoms with van der Waals surface area (Å²) in [6, 6.07) is 5.90. The van der Waals surface area contributed by atoms with E-state index in [2.05, 4.69) is 22.0 Å². The highest BCUT2D eigenvalue weighted by Crippen LogP contribution is 2.23. The summed E-state index contributed by atoms with van der Waals surface area (Å²) in [5.41, 5.74) is 0.620. The maximum absolute atomic E-state index is 11.8. The van der Waals surface area contributed by atoms with Crippen LogP contribution < -0.4 is 0 Å². The van der Waals surface area contributed by atoms with E-state index >= 15 is 0 Å². The number of non-ortho nitro benzene ring substituents is 1. The standard InChI is InChI=1S/C17H22N4O5S/c1-2-3-9-20(15-8-10-27(24,25)12-15)11-16-18-17(19-26-16)13-4-6-14(7-5-13)21(22)23/h4-7,15H,2-3,8-12H2,1H3. The molecular formula is C17H22N4O5S. The Kier molecular flexibility index (Phi) is 5.85. The Hall–Kier alpha value is -2.33. The molecule has 0 N–H and O–H groups in total. The van der Waals surface area contributed by atoms with Crippen LogP contribution in [0.1, 0.15) is 32.1 Å². The molecule has 1 aliphatic rings. The molecule has 1 unspecified atom stereocenters. The Morgan fingerprint density at radius 1 is 1.33 bits per heavy atom. The fourth-order valence-corrected chi connectivity index (χ4v) is 4.92. The molecular weight excluding hydrogens is 372 g/mol. The van der Waals surface area contributed by atoms with Crippen LogP contribution in [0.25, 0.3) is 11.4 Å². The van der Waals surface area contributed by atoms with Crippen molar-refractivity contribution in [1.29, 1.82) is 0 Å². The first-order chi connectivity index (χ1) is 12.9. The summed E-state index contributed by atoms with van der Waals surface area (Å²) in [6.07, 6.45) is 2.59. The quantitative estimate of drug-likeness (QED) is 0.494. The van der Waals surface area contributed by atoms with Crippen LogP contribution in [0.15, 0.2) is 28.8 Å². The highest BCUT2D eigenvalue weighted by molar-refractivity contribution is 7.91. The zero-order chi connectivity index (χ0) is 19.4. The molecule has 0 amide bonds. The molecule has 0 spiro atoms. The van der Waals surface area contributed by atoms with E-state index < -0.39 is 14.8 Å². The molecule has 0 aliphatic carbocycles. The predicted molar refractivity (Wildman–Crippen MR) is 98.8 cm³/mol. The van der Waals surface area contributed by atoms with Crippen molar-refractivity contribution < 1.29 is 17.9 Å². The van der Waals surface area contributed by atoms with Crippen LogP contribution in [0, 0.1) is 10.1 Å². The maximum Gasteiger partial charge on any atom is 0.269 e. The zero-order valence-electron chi connectivity index (χ0n) is 15.1. The van der Waals surface area contributed by atoms with Crippen LogP contribution >= 0.6 is 0 Å². The van der Waals surface area contributed by atoms with Crippen LogP contribution in [0.4, 0.5) is 5.69 Å². The number of nitro groups is 1. The smallest absolute Gasteiger partial charge is 0.269 e. The van der Waals surface area contributed by atoms with Gasteiger partial charge in [-0.05, 0) is 31.5 Å². The third-order valence-electron chi connectivity index (χ3n) is 4.67. The summed E-state index contributed by atoms with van der Waals surface area (Å²) in [6.45, 7) is 3.25. The molecule has 3 rings (SSSR count). The molecule has 0 saturated carbocycles. The molecule has 9 nitrogen and oxygen atoms in total.